The zero-order valence-corrected chi connectivity index (χ0v) is 17.8. The van der Waals surface area contributed by atoms with Gasteiger partial charge in [-0.3, -0.25) is 4.79 Å². The summed E-state index contributed by atoms with van der Waals surface area (Å²) in [6, 6.07) is 15.6. The maximum atomic E-state index is 13.1. The first-order valence-corrected chi connectivity index (χ1v) is 10.1. The molecule has 2 aromatic heterocycles. The van der Waals surface area contributed by atoms with Gasteiger partial charge in [0.05, 0.1) is 0 Å². The Balaban J connectivity index is 1.48. The lowest BCUT2D eigenvalue weighted by Gasteiger charge is -2.12. The number of amides is 1. The average Bonchev–Trinajstić information content (AvgIpc) is 3.27. The molecule has 0 aliphatic carbocycles. The number of pyridine rings is 1. The van der Waals surface area contributed by atoms with Crippen molar-refractivity contribution < 1.29 is 18.4 Å². The second-order valence-corrected chi connectivity index (χ2v) is 7.49. The van der Waals surface area contributed by atoms with Gasteiger partial charge in [0.1, 0.15) is 23.2 Å². The maximum absolute atomic E-state index is 13.1. The number of halogens is 2. The Morgan fingerprint density at radius 1 is 1.13 bits per heavy atom. The lowest BCUT2D eigenvalue weighted by Crippen LogP contribution is -2.27. The highest BCUT2D eigenvalue weighted by Gasteiger charge is 2.21. The number of carbonyl (C=O) groups excluding carboxylic acids is 1. The van der Waals surface area contributed by atoms with Crippen molar-refractivity contribution in [2.75, 3.05) is 0 Å². The standard InChI is InChI=1S/C22H16BrFN4O3/c1-13(21-27-19(28-31-21)14-4-8-16(24)9-5-14)26-20(29)18-3-2-12-25-22(18)30-17-10-6-15(23)7-11-17/h2-13H,1H3,(H,26,29). The summed E-state index contributed by atoms with van der Waals surface area (Å²) in [4.78, 5) is 21.3. The van der Waals surface area contributed by atoms with Crippen LogP contribution in [0.1, 0.15) is 29.2 Å². The molecule has 4 rings (SSSR count). The molecule has 0 fully saturated rings. The second kappa shape index (κ2) is 9.05. The van der Waals surface area contributed by atoms with E-state index in [-0.39, 0.29) is 23.2 Å². The van der Waals surface area contributed by atoms with E-state index < -0.39 is 11.9 Å². The minimum atomic E-state index is -0.574. The number of benzene rings is 2. The molecule has 0 aliphatic heterocycles. The summed E-state index contributed by atoms with van der Waals surface area (Å²) >= 11 is 3.37. The van der Waals surface area contributed by atoms with Crippen LogP contribution in [-0.2, 0) is 0 Å². The van der Waals surface area contributed by atoms with Gasteiger partial charge >= 0.3 is 0 Å². The minimum Gasteiger partial charge on any atom is -0.438 e. The van der Waals surface area contributed by atoms with E-state index >= 15 is 0 Å². The monoisotopic (exact) mass is 482 g/mol. The fourth-order valence-corrected chi connectivity index (χ4v) is 2.99. The predicted octanol–water partition coefficient (Wildman–Crippen LogP) is 5.32. The van der Waals surface area contributed by atoms with Crippen molar-refractivity contribution in [3.8, 4) is 23.0 Å². The van der Waals surface area contributed by atoms with Gasteiger partial charge in [-0.2, -0.15) is 4.98 Å². The number of hydrogen-bond acceptors (Lipinski definition) is 6. The summed E-state index contributed by atoms with van der Waals surface area (Å²) < 4.78 is 25.0. The molecule has 2 aromatic carbocycles. The number of aromatic nitrogens is 3. The highest BCUT2D eigenvalue weighted by Crippen LogP contribution is 2.25. The normalized spacial score (nSPS) is 11.7. The molecular weight excluding hydrogens is 467 g/mol. The Hall–Kier alpha value is -3.59. The number of hydrogen-bond donors (Lipinski definition) is 1. The quantitative estimate of drug-likeness (QED) is 0.400. The number of nitrogens with zero attached hydrogens (tertiary/aromatic N) is 3. The van der Waals surface area contributed by atoms with Crippen molar-refractivity contribution in [3.63, 3.8) is 0 Å². The van der Waals surface area contributed by atoms with Crippen LogP contribution in [0.15, 0.2) is 75.9 Å². The van der Waals surface area contributed by atoms with Crippen molar-refractivity contribution in [2.24, 2.45) is 0 Å². The molecule has 0 saturated heterocycles. The number of rotatable bonds is 6. The fourth-order valence-electron chi connectivity index (χ4n) is 2.72. The Morgan fingerprint density at radius 2 is 1.87 bits per heavy atom. The van der Waals surface area contributed by atoms with E-state index in [1.807, 2.05) is 12.1 Å². The molecule has 0 radical (unpaired) electrons. The first kappa shape index (κ1) is 20.7. The van der Waals surface area contributed by atoms with E-state index in [4.69, 9.17) is 9.26 Å². The molecule has 1 N–H and O–H groups in total. The van der Waals surface area contributed by atoms with Crippen LogP contribution in [0.2, 0.25) is 0 Å². The number of carbonyl (C=O) groups is 1. The third-order valence-corrected chi connectivity index (χ3v) is 4.83. The molecule has 7 nitrogen and oxygen atoms in total. The highest BCUT2D eigenvalue weighted by atomic mass is 79.9. The minimum absolute atomic E-state index is 0.173. The third kappa shape index (κ3) is 4.95. The van der Waals surface area contributed by atoms with E-state index in [0.29, 0.717) is 17.1 Å². The van der Waals surface area contributed by atoms with Gasteiger partial charge in [-0.05, 0) is 67.6 Å². The van der Waals surface area contributed by atoms with Crippen LogP contribution in [0, 0.1) is 5.82 Å². The Kier molecular flexibility index (Phi) is 6.03. The summed E-state index contributed by atoms with van der Waals surface area (Å²) in [7, 11) is 0. The Bertz CT molecular complexity index is 1200. The summed E-state index contributed by atoms with van der Waals surface area (Å²) in [6.07, 6.45) is 1.54. The largest absolute Gasteiger partial charge is 0.438 e. The molecule has 0 aliphatic rings. The van der Waals surface area contributed by atoms with E-state index in [9.17, 15) is 9.18 Å². The van der Waals surface area contributed by atoms with E-state index in [1.54, 1.807) is 49.5 Å². The molecule has 1 amide bonds. The first-order valence-electron chi connectivity index (χ1n) is 9.28. The predicted molar refractivity (Wildman–Crippen MR) is 114 cm³/mol. The van der Waals surface area contributed by atoms with Crippen LogP contribution in [0.25, 0.3) is 11.4 Å². The molecule has 2 heterocycles. The molecule has 9 heteroatoms. The Morgan fingerprint density at radius 3 is 2.61 bits per heavy atom. The molecule has 0 saturated carbocycles. The maximum Gasteiger partial charge on any atom is 0.257 e. The van der Waals surface area contributed by atoms with Gasteiger partial charge in [-0.1, -0.05) is 21.1 Å². The van der Waals surface area contributed by atoms with Crippen LogP contribution in [0.3, 0.4) is 0 Å². The van der Waals surface area contributed by atoms with Gasteiger partial charge in [0.15, 0.2) is 0 Å². The van der Waals surface area contributed by atoms with Gasteiger partial charge in [-0.25, -0.2) is 9.37 Å². The molecule has 0 bridgehead atoms. The molecule has 4 aromatic rings. The molecular formula is C22H16BrFN4O3. The molecule has 1 atom stereocenters. The van der Waals surface area contributed by atoms with Crippen LogP contribution in [-0.4, -0.2) is 21.0 Å². The summed E-state index contributed by atoms with van der Waals surface area (Å²) in [5.41, 5.74) is 0.864. The van der Waals surface area contributed by atoms with Gasteiger partial charge in [0.2, 0.25) is 17.6 Å². The number of nitrogens with one attached hydrogen (secondary N) is 1. The van der Waals surface area contributed by atoms with Crippen LogP contribution in [0.5, 0.6) is 11.6 Å². The second-order valence-electron chi connectivity index (χ2n) is 6.57. The fraction of sp³-hybridized carbons (Fsp3) is 0.0909. The molecule has 156 valence electrons. The summed E-state index contributed by atoms with van der Waals surface area (Å²) in [5.74, 6) is 0.473. The van der Waals surface area contributed by atoms with E-state index in [0.717, 1.165) is 4.47 Å². The molecule has 1 unspecified atom stereocenters. The van der Waals surface area contributed by atoms with Gasteiger partial charge in [0.25, 0.3) is 5.91 Å². The molecule has 31 heavy (non-hydrogen) atoms. The smallest absolute Gasteiger partial charge is 0.257 e. The van der Waals surface area contributed by atoms with Crippen molar-refractivity contribution in [1.29, 1.82) is 0 Å². The summed E-state index contributed by atoms with van der Waals surface area (Å²) in [5, 5.41) is 6.70. The van der Waals surface area contributed by atoms with Gasteiger partial charge in [-0.15, -0.1) is 0 Å². The zero-order valence-electron chi connectivity index (χ0n) is 16.3. The lowest BCUT2D eigenvalue weighted by atomic mass is 10.2. The van der Waals surface area contributed by atoms with Crippen molar-refractivity contribution in [3.05, 3.63) is 88.6 Å². The van der Waals surface area contributed by atoms with Gasteiger partial charge < -0.3 is 14.6 Å². The van der Waals surface area contributed by atoms with E-state index in [2.05, 4.69) is 36.4 Å². The number of ether oxygens (including phenoxy) is 1. The van der Waals surface area contributed by atoms with Crippen LogP contribution in [0.4, 0.5) is 4.39 Å². The summed E-state index contributed by atoms with van der Waals surface area (Å²) in [6.45, 7) is 1.71. The van der Waals surface area contributed by atoms with Crippen molar-refractivity contribution in [1.82, 2.24) is 20.4 Å². The zero-order chi connectivity index (χ0) is 21.8. The highest BCUT2D eigenvalue weighted by molar-refractivity contribution is 9.10. The van der Waals surface area contributed by atoms with Crippen molar-refractivity contribution in [2.45, 2.75) is 13.0 Å². The lowest BCUT2D eigenvalue weighted by molar-refractivity contribution is 0.0929. The third-order valence-electron chi connectivity index (χ3n) is 4.31. The SMILES string of the molecule is CC(NC(=O)c1cccnc1Oc1ccc(Br)cc1)c1nc(-c2ccc(F)cc2)no1. The van der Waals surface area contributed by atoms with Crippen molar-refractivity contribution >= 4 is 21.8 Å². The average molecular weight is 483 g/mol. The van der Waals surface area contributed by atoms with Crippen LogP contribution < -0.4 is 10.1 Å². The Labute approximate surface area is 185 Å². The topological polar surface area (TPSA) is 90.1 Å². The molecule has 0 spiro atoms. The first-order chi connectivity index (χ1) is 15.0. The van der Waals surface area contributed by atoms with E-state index in [1.165, 1.54) is 12.1 Å². The van der Waals surface area contributed by atoms with Crippen LogP contribution >= 0.6 is 15.9 Å². The van der Waals surface area contributed by atoms with Gasteiger partial charge in [0, 0.05) is 16.2 Å².